The molecule has 1 heterocycles. The molecule has 1 N–H and O–H groups in total. The first kappa shape index (κ1) is 9.50. The van der Waals surface area contributed by atoms with Crippen LogP contribution in [0.3, 0.4) is 0 Å². The second-order valence-electron chi connectivity index (χ2n) is 2.69. The van der Waals surface area contributed by atoms with E-state index in [1.165, 1.54) is 0 Å². The molecule has 13 heavy (non-hydrogen) atoms. The van der Waals surface area contributed by atoms with Gasteiger partial charge in [-0.05, 0) is 0 Å². The molecule has 0 spiro atoms. The van der Waals surface area contributed by atoms with Crippen molar-refractivity contribution < 1.29 is 24.2 Å². The van der Waals surface area contributed by atoms with Crippen LogP contribution in [0, 0.1) is 0 Å². The monoisotopic (exact) mass is 187 g/mol. The Morgan fingerprint density at radius 3 is 2.69 bits per heavy atom. The van der Waals surface area contributed by atoms with Crippen molar-refractivity contribution in [1.82, 2.24) is 4.90 Å². The summed E-state index contributed by atoms with van der Waals surface area (Å²) >= 11 is 0. The van der Waals surface area contributed by atoms with Crippen LogP contribution in [0.15, 0.2) is 0 Å². The van der Waals surface area contributed by atoms with Crippen LogP contribution in [0.2, 0.25) is 0 Å². The minimum Gasteiger partial charge on any atom is -0.467 e. The molecule has 0 aromatic carbocycles. The third-order valence-electron chi connectivity index (χ3n) is 1.86. The smallest absolute Gasteiger partial charge is 0.408 e. The molecule has 1 saturated heterocycles. The van der Waals surface area contributed by atoms with E-state index >= 15 is 0 Å². The van der Waals surface area contributed by atoms with Crippen LogP contribution < -0.4 is 0 Å². The number of carbonyl (C=O) groups excluding carboxylic acids is 2. The van der Waals surface area contributed by atoms with Crippen LogP contribution in [0.1, 0.15) is 6.42 Å². The number of likely N-dealkylation sites (tertiary alicyclic amines) is 1. The van der Waals surface area contributed by atoms with Gasteiger partial charge in [0.1, 0.15) is 6.04 Å². The van der Waals surface area contributed by atoms with Crippen LogP contribution in [0.4, 0.5) is 4.79 Å². The third kappa shape index (κ3) is 1.77. The van der Waals surface area contributed by atoms with Crippen molar-refractivity contribution in [3.63, 3.8) is 0 Å². The zero-order valence-electron chi connectivity index (χ0n) is 7.02. The predicted molar refractivity (Wildman–Crippen MR) is 40.2 cm³/mol. The van der Waals surface area contributed by atoms with Gasteiger partial charge in [0.2, 0.25) is 0 Å². The molecule has 1 unspecified atom stereocenters. The minimum atomic E-state index is -1.28. The van der Waals surface area contributed by atoms with Gasteiger partial charge in [-0.3, -0.25) is 9.69 Å². The lowest BCUT2D eigenvalue weighted by Gasteiger charge is -2.17. The number of hydrogen-bond acceptors (Lipinski definition) is 4. The van der Waals surface area contributed by atoms with Crippen LogP contribution >= 0.6 is 0 Å². The average molecular weight is 187 g/mol. The summed E-state index contributed by atoms with van der Waals surface area (Å²) in [6, 6.07) is -0.963. The Hall–Kier alpha value is -1.59. The zero-order valence-corrected chi connectivity index (χ0v) is 7.02. The number of methoxy groups -OCH3 is 1. The third-order valence-corrected chi connectivity index (χ3v) is 1.86. The van der Waals surface area contributed by atoms with Crippen LogP contribution in [0.5, 0.6) is 0 Å². The number of ketones is 1. The quantitative estimate of drug-likeness (QED) is 0.558. The standard InChI is InChI=1S/C7H9NO5/c1-13-6(10)5-2-4(9)3-8(5)7(11)12/h5H,2-3H2,1H3,(H,11,12). The lowest BCUT2D eigenvalue weighted by Crippen LogP contribution is -2.40. The van der Waals surface area contributed by atoms with E-state index in [1.807, 2.05) is 0 Å². The topological polar surface area (TPSA) is 83.9 Å². The van der Waals surface area contributed by atoms with E-state index in [9.17, 15) is 14.4 Å². The number of ether oxygens (including phenoxy) is 1. The van der Waals surface area contributed by atoms with Gasteiger partial charge in [-0.1, -0.05) is 0 Å². The second-order valence-corrected chi connectivity index (χ2v) is 2.69. The van der Waals surface area contributed by atoms with E-state index in [0.717, 1.165) is 12.0 Å². The summed E-state index contributed by atoms with van der Waals surface area (Å²) < 4.78 is 4.37. The number of carbonyl (C=O) groups is 3. The molecule has 1 rings (SSSR count). The highest BCUT2D eigenvalue weighted by Gasteiger charge is 2.39. The van der Waals surface area contributed by atoms with Crippen molar-refractivity contribution in [2.45, 2.75) is 12.5 Å². The van der Waals surface area contributed by atoms with Gasteiger partial charge < -0.3 is 9.84 Å². The summed E-state index contributed by atoms with van der Waals surface area (Å²) in [6.45, 7) is -0.227. The lowest BCUT2D eigenvalue weighted by molar-refractivity contribution is -0.145. The van der Waals surface area contributed by atoms with E-state index in [0.29, 0.717) is 0 Å². The molecular weight excluding hydrogens is 178 g/mol. The fraction of sp³-hybridized carbons (Fsp3) is 0.571. The van der Waals surface area contributed by atoms with Gasteiger partial charge in [0.25, 0.3) is 0 Å². The maximum Gasteiger partial charge on any atom is 0.408 e. The summed E-state index contributed by atoms with van der Waals surface area (Å²) in [6.07, 6.45) is -1.36. The van der Waals surface area contributed by atoms with Gasteiger partial charge in [-0.2, -0.15) is 0 Å². The number of nitrogens with zero attached hydrogens (tertiary/aromatic N) is 1. The number of amides is 1. The maximum atomic E-state index is 11.0. The molecule has 0 aromatic rings. The van der Waals surface area contributed by atoms with E-state index in [4.69, 9.17) is 5.11 Å². The molecule has 1 amide bonds. The molecule has 0 saturated carbocycles. The molecule has 0 aromatic heterocycles. The summed E-state index contributed by atoms with van der Waals surface area (Å²) in [5.74, 6) is -0.953. The lowest BCUT2D eigenvalue weighted by atomic mass is 10.2. The van der Waals surface area contributed by atoms with Crippen molar-refractivity contribution in [1.29, 1.82) is 0 Å². The highest BCUT2D eigenvalue weighted by Crippen LogP contribution is 2.15. The summed E-state index contributed by atoms with van der Waals surface area (Å²) in [7, 11) is 1.16. The Morgan fingerprint density at radius 1 is 1.62 bits per heavy atom. The molecule has 1 aliphatic rings. The van der Waals surface area contributed by atoms with Gasteiger partial charge in [0.05, 0.1) is 13.7 Å². The molecule has 1 atom stereocenters. The number of hydrogen-bond donors (Lipinski definition) is 1. The van der Waals surface area contributed by atoms with E-state index in [-0.39, 0.29) is 18.7 Å². The second kappa shape index (κ2) is 3.42. The van der Waals surface area contributed by atoms with Gasteiger partial charge in [0, 0.05) is 6.42 Å². The molecule has 72 valence electrons. The molecule has 1 aliphatic heterocycles. The fourth-order valence-corrected chi connectivity index (χ4v) is 1.24. The Bertz CT molecular complexity index is 262. The number of esters is 1. The van der Waals surface area contributed by atoms with Gasteiger partial charge in [-0.15, -0.1) is 0 Å². The van der Waals surface area contributed by atoms with Gasteiger partial charge in [0.15, 0.2) is 5.78 Å². The normalized spacial score (nSPS) is 21.8. The molecule has 6 nitrogen and oxygen atoms in total. The molecule has 0 aliphatic carbocycles. The predicted octanol–water partition coefficient (Wildman–Crippen LogP) is -0.519. The van der Waals surface area contributed by atoms with E-state index < -0.39 is 18.1 Å². The largest absolute Gasteiger partial charge is 0.467 e. The van der Waals surface area contributed by atoms with Crippen LogP contribution in [-0.2, 0) is 14.3 Å². The SMILES string of the molecule is COC(=O)C1CC(=O)CN1C(=O)O. The van der Waals surface area contributed by atoms with Crippen molar-refractivity contribution in [2.24, 2.45) is 0 Å². The molecule has 6 heteroatoms. The fourth-order valence-electron chi connectivity index (χ4n) is 1.24. The first-order chi connectivity index (χ1) is 6.06. The Kier molecular flexibility index (Phi) is 2.50. The van der Waals surface area contributed by atoms with Crippen LogP contribution in [0.25, 0.3) is 0 Å². The van der Waals surface area contributed by atoms with Crippen molar-refractivity contribution in [3.8, 4) is 0 Å². The minimum absolute atomic E-state index is 0.0844. The Balaban J connectivity index is 2.77. The number of carboxylic acid groups (broad SMARTS) is 1. The Morgan fingerprint density at radius 2 is 2.23 bits per heavy atom. The first-order valence-corrected chi connectivity index (χ1v) is 3.65. The van der Waals surface area contributed by atoms with Crippen molar-refractivity contribution >= 4 is 17.8 Å². The summed E-state index contributed by atoms with van der Waals surface area (Å²) in [4.78, 5) is 33.2. The first-order valence-electron chi connectivity index (χ1n) is 3.65. The summed E-state index contributed by atoms with van der Waals surface area (Å²) in [5.41, 5.74) is 0. The Labute approximate surface area is 74.1 Å². The van der Waals surface area contributed by atoms with Gasteiger partial charge >= 0.3 is 12.1 Å². The van der Waals surface area contributed by atoms with E-state index in [2.05, 4.69) is 4.74 Å². The van der Waals surface area contributed by atoms with Crippen LogP contribution in [-0.4, -0.2) is 47.5 Å². The van der Waals surface area contributed by atoms with E-state index in [1.54, 1.807) is 0 Å². The number of Topliss-reactive ketones (excluding diaryl/α,β-unsaturated/α-hetero) is 1. The van der Waals surface area contributed by atoms with Crippen molar-refractivity contribution in [2.75, 3.05) is 13.7 Å². The number of rotatable bonds is 1. The molecule has 1 fully saturated rings. The highest BCUT2D eigenvalue weighted by molar-refractivity contribution is 5.95. The highest BCUT2D eigenvalue weighted by atomic mass is 16.5. The molecular formula is C7H9NO5. The van der Waals surface area contributed by atoms with Gasteiger partial charge in [-0.25, -0.2) is 9.59 Å². The maximum absolute atomic E-state index is 11.0. The molecule has 0 radical (unpaired) electrons. The zero-order chi connectivity index (χ0) is 10.0. The average Bonchev–Trinajstić information content (AvgIpc) is 2.46. The molecule has 0 bridgehead atoms. The summed E-state index contributed by atoms with van der Waals surface area (Å²) in [5, 5.41) is 8.61. The van der Waals surface area contributed by atoms with Crippen molar-refractivity contribution in [3.05, 3.63) is 0 Å².